The van der Waals surface area contributed by atoms with Crippen LogP contribution >= 0.6 is 22.7 Å². The first-order valence-electron chi connectivity index (χ1n) is 9.07. The third-order valence-electron chi connectivity index (χ3n) is 4.15. The number of anilines is 3. The van der Waals surface area contributed by atoms with Crippen molar-refractivity contribution in [3.8, 4) is 0 Å². The maximum absolute atomic E-state index is 13.4. The minimum absolute atomic E-state index is 0.218. The fraction of sp³-hybridized carbons (Fsp3) is 0.250. The summed E-state index contributed by atoms with van der Waals surface area (Å²) in [4.78, 5) is 31.0. The van der Waals surface area contributed by atoms with Gasteiger partial charge in [0.05, 0.1) is 29.8 Å². The van der Waals surface area contributed by atoms with Gasteiger partial charge >= 0.3 is 6.18 Å². The molecule has 2 heterocycles. The van der Waals surface area contributed by atoms with E-state index in [1.54, 1.807) is 24.4 Å². The lowest BCUT2D eigenvalue weighted by molar-refractivity contribution is -0.137. The van der Waals surface area contributed by atoms with Gasteiger partial charge in [0, 0.05) is 30.0 Å². The number of aromatic nitrogens is 1. The molecule has 0 aliphatic carbocycles. The molecule has 0 radical (unpaired) electrons. The molecule has 3 aromatic rings. The number of hydrogen-bond donors (Lipinski definition) is 2. The smallest absolute Gasteiger partial charge is 0.378 e. The van der Waals surface area contributed by atoms with E-state index in [9.17, 15) is 22.8 Å². The number of alkyl halides is 3. The van der Waals surface area contributed by atoms with Crippen LogP contribution in [0.15, 0.2) is 41.1 Å². The van der Waals surface area contributed by atoms with E-state index in [0.717, 1.165) is 22.3 Å². The quantitative estimate of drug-likeness (QED) is 0.529. The number of carbonyl (C=O) groups is 2. The highest BCUT2D eigenvalue weighted by atomic mass is 32.1. The molecule has 0 aliphatic rings. The van der Waals surface area contributed by atoms with Crippen molar-refractivity contribution >= 4 is 51.0 Å². The second-order valence-corrected chi connectivity index (χ2v) is 8.69. The van der Waals surface area contributed by atoms with E-state index in [2.05, 4.69) is 15.6 Å². The first-order chi connectivity index (χ1) is 14.6. The van der Waals surface area contributed by atoms with Crippen LogP contribution in [0.1, 0.15) is 16.1 Å². The number of nitrogens with one attached hydrogen (secondary N) is 2. The Balaban J connectivity index is 1.63. The van der Waals surface area contributed by atoms with Gasteiger partial charge in [-0.15, -0.1) is 22.7 Å². The van der Waals surface area contributed by atoms with Gasteiger partial charge in [0.1, 0.15) is 0 Å². The number of nitrogens with zero attached hydrogens (tertiary/aromatic N) is 2. The van der Waals surface area contributed by atoms with E-state index in [0.29, 0.717) is 16.5 Å². The summed E-state index contributed by atoms with van der Waals surface area (Å²) in [6, 6.07) is 7.41. The number of hydrogen-bond acceptors (Lipinski definition) is 6. The van der Waals surface area contributed by atoms with Crippen LogP contribution in [-0.2, 0) is 28.6 Å². The molecule has 31 heavy (non-hydrogen) atoms. The molecule has 0 unspecified atom stereocenters. The molecular weight excluding hydrogens is 449 g/mol. The fourth-order valence-electron chi connectivity index (χ4n) is 2.69. The van der Waals surface area contributed by atoms with Crippen molar-refractivity contribution in [2.75, 3.05) is 29.6 Å². The van der Waals surface area contributed by atoms with Crippen molar-refractivity contribution in [2.24, 2.45) is 0 Å². The third-order valence-corrected chi connectivity index (χ3v) is 5.84. The Bertz CT molecular complexity index is 1060. The number of rotatable bonds is 7. The largest absolute Gasteiger partial charge is 0.418 e. The van der Waals surface area contributed by atoms with Gasteiger partial charge < -0.3 is 15.5 Å². The fourth-order valence-corrected chi connectivity index (χ4v) is 4.12. The SMILES string of the molecule is CN(C)c1ccc(NC(=O)Cc2csc(NC(=O)Cc3cccs3)n2)c(C(F)(F)F)c1. The third kappa shape index (κ3) is 6.28. The van der Waals surface area contributed by atoms with Crippen LogP contribution in [0.2, 0.25) is 0 Å². The van der Waals surface area contributed by atoms with Crippen LogP contribution in [0, 0.1) is 0 Å². The predicted octanol–water partition coefficient (Wildman–Crippen LogP) is 4.65. The molecule has 0 atom stereocenters. The van der Waals surface area contributed by atoms with E-state index in [-0.39, 0.29) is 24.4 Å². The van der Waals surface area contributed by atoms with E-state index in [1.165, 1.54) is 23.5 Å². The number of halogens is 3. The van der Waals surface area contributed by atoms with Crippen molar-refractivity contribution in [3.05, 3.63) is 57.2 Å². The van der Waals surface area contributed by atoms with Gasteiger partial charge in [-0.2, -0.15) is 13.2 Å². The number of amides is 2. The van der Waals surface area contributed by atoms with Crippen LogP contribution in [0.25, 0.3) is 0 Å². The molecule has 11 heteroatoms. The molecule has 2 N–H and O–H groups in total. The number of thiophene rings is 1. The molecule has 0 aliphatic heterocycles. The van der Waals surface area contributed by atoms with Gasteiger partial charge in [0.2, 0.25) is 11.8 Å². The highest BCUT2D eigenvalue weighted by Crippen LogP contribution is 2.37. The summed E-state index contributed by atoms with van der Waals surface area (Å²) in [5.74, 6) is -0.867. The number of benzene rings is 1. The van der Waals surface area contributed by atoms with Crippen molar-refractivity contribution in [3.63, 3.8) is 0 Å². The highest BCUT2D eigenvalue weighted by Gasteiger charge is 2.34. The summed E-state index contributed by atoms with van der Waals surface area (Å²) in [7, 11) is 3.26. The molecule has 6 nitrogen and oxygen atoms in total. The Kier molecular flexibility index (Phi) is 6.96. The van der Waals surface area contributed by atoms with Crippen molar-refractivity contribution in [2.45, 2.75) is 19.0 Å². The Morgan fingerprint density at radius 1 is 1.06 bits per heavy atom. The molecule has 2 amide bonds. The maximum Gasteiger partial charge on any atom is 0.418 e. The normalized spacial score (nSPS) is 11.3. The van der Waals surface area contributed by atoms with Gasteiger partial charge in [-0.3, -0.25) is 9.59 Å². The molecule has 0 bridgehead atoms. The summed E-state index contributed by atoms with van der Waals surface area (Å²) in [6.07, 6.45) is -4.62. The average molecular weight is 469 g/mol. The summed E-state index contributed by atoms with van der Waals surface area (Å²) in [5.41, 5.74) is -0.519. The molecule has 1 aromatic carbocycles. The zero-order chi connectivity index (χ0) is 22.6. The minimum atomic E-state index is -4.62. The lowest BCUT2D eigenvalue weighted by Gasteiger charge is -2.18. The van der Waals surface area contributed by atoms with Crippen LogP contribution in [0.3, 0.4) is 0 Å². The zero-order valence-corrected chi connectivity index (χ0v) is 18.2. The maximum atomic E-state index is 13.4. The van der Waals surface area contributed by atoms with Gasteiger partial charge in [-0.05, 0) is 29.6 Å². The summed E-state index contributed by atoms with van der Waals surface area (Å²) >= 11 is 2.61. The van der Waals surface area contributed by atoms with Crippen LogP contribution < -0.4 is 15.5 Å². The Morgan fingerprint density at radius 3 is 2.45 bits per heavy atom. The average Bonchev–Trinajstić information content (AvgIpc) is 3.33. The van der Waals surface area contributed by atoms with E-state index >= 15 is 0 Å². The second kappa shape index (κ2) is 9.48. The van der Waals surface area contributed by atoms with Gasteiger partial charge in [0.15, 0.2) is 5.13 Å². The Morgan fingerprint density at radius 2 is 1.81 bits per heavy atom. The lowest BCUT2D eigenvalue weighted by Crippen LogP contribution is -2.19. The van der Waals surface area contributed by atoms with Crippen LogP contribution in [0.4, 0.5) is 29.7 Å². The van der Waals surface area contributed by atoms with Crippen LogP contribution in [0.5, 0.6) is 0 Å². The Hall–Kier alpha value is -2.92. The molecule has 0 saturated carbocycles. The van der Waals surface area contributed by atoms with E-state index < -0.39 is 17.6 Å². The predicted molar refractivity (Wildman–Crippen MR) is 117 cm³/mol. The summed E-state index contributed by atoms with van der Waals surface area (Å²) < 4.78 is 40.2. The second-order valence-electron chi connectivity index (χ2n) is 6.80. The molecule has 164 valence electrons. The minimum Gasteiger partial charge on any atom is -0.378 e. The molecule has 0 fully saturated rings. The zero-order valence-electron chi connectivity index (χ0n) is 16.6. The number of thiazole rings is 1. The monoisotopic (exact) mass is 468 g/mol. The lowest BCUT2D eigenvalue weighted by atomic mass is 10.1. The van der Waals surface area contributed by atoms with Crippen LogP contribution in [-0.4, -0.2) is 30.9 Å². The molecule has 0 spiro atoms. The van der Waals surface area contributed by atoms with E-state index in [1.807, 2.05) is 17.5 Å². The van der Waals surface area contributed by atoms with Crippen molar-refractivity contribution < 1.29 is 22.8 Å². The van der Waals surface area contributed by atoms with Gasteiger partial charge in [-0.25, -0.2) is 4.98 Å². The van der Waals surface area contributed by atoms with Gasteiger partial charge in [0.25, 0.3) is 0 Å². The number of carbonyl (C=O) groups excluding carboxylic acids is 2. The molecule has 3 rings (SSSR count). The van der Waals surface area contributed by atoms with Crippen molar-refractivity contribution in [1.82, 2.24) is 4.98 Å². The van der Waals surface area contributed by atoms with Crippen molar-refractivity contribution in [1.29, 1.82) is 0 Å². The molecule has 2 aromatic heterocycles. The molecule has 0 saturated heterocycles. The van der Waals surface area contributed by atoms with E-state index in [4.69, 9.17) is 0 Å². The van der Waals surface area contributed by atoms with Gasteiger partial charge in [-0.1, -0.05) is 6.07 Å². The first-order valence-corrected chi connectivity index (χ1v) is 10.8. The Labute approximate surface area is 184 Å². The molecular formula is C20H19F3N4O2S2. The summed E-state index contributed by atoms with van der Waals surface area (Å²) in [5, 5.41) is 8.76. The first kappa shape index (κ1) is 22.8. The summed E-state index contributed by atoms with van der Waals surface area (Å²) in [6.45, 7) is 0. The highest BCUT2D eigenvalue weighted by molar-refractivity contribution is 7.14. The topological polar surface area (TPSA) is 74.3 Å². The standard InChI is InChI=1S/C20H19F3N4O2S2/c1-27(2)13-5-6-16(15(9-13)20(21,22)23)25-17(28)8-12-11-31-19(24-12)26-18(29)10-14-4-3-7-30-14/h3-7,9,11H,8,10H2,1-2H3,(H,25,28)(H,24,26,29).